The highest BCUT2D eigenvalue weighted by atomic mass is 19.2. The van der Waals surface area contributed by atoms with Gasteiger partial charge in [-0.1, -0.05) is 36.4 Å². The molecule has 0 aliphatic rings. The summed E-state index contributed by atoms with van der Waals surface area (Å²) in [7, 11) is 1.61. The van der Waals surface area contributed by atoms with Gasteiger partial charge in [0.1, 0.15) is 6.61 Å². The van der Waals surface area contributed by atoms with E-state index in [2.05, 4.69) is 11.4 Å². The lowest BCUT2D eigenvalue weighted by Gasteiger charge is -2.26. The number of nitrogens with zero attached hydrogens (tertiary/aromatic N) is 1. The van der Waals surface area contributed by atoms with Gasteiger partial charge in [0.2, 0.25) is 5.82 Å². The monoisotopic (exact) mass is 288 g/mol. The first-order valence-corrected chi connectivity index (χ1v) is 6.35. The van der Waals surface area contributed by atoms with Crippen LogP contribution in [0.5, 0.6) is 5.75 Å². The molecule has 1 atom stereocenters. The van der Waals surface area contributed by atoms with Gasteiger partial charge in [-0.05, 0) is 24.7 Å². The van der Waals surface area contributed by atoms with Gasteiger partial charge in [-0.3, -0.25) is 5.32 Å². The normalized spacial score (nSPS) is 13.2. The van der Waals surface area contributed by atoms with E-state index in [-0.39, 0.29) is 12.4 Å². The molecule has 1 unspecified atom stereocenters. The number of halogens is 2. The number of ether oxygens (including phenoxy) is 1. The van der Waals surface area contributed by atoms with Crippen molar-refractivity contribution in [2.45, 2.75) is 5.54 Å². The first-order valence-electron chi connectivity index (χ1n) is 6.35. The summed E-state index contributed by atoms with van der Waals surface area (Å²) >= 11 is 0. The Morgan fingerprint density at radius 3 is 2.48 bits per heavy atom. The maximum atomic E-state index is 13.6. The molecule has 2 aromatic carbocycles. The molecule has 0 spiro atoms. The maximum Gasteiger partial charge on any atom is 0.200 e. The molecular weight excluding hydrogens is 274 g/mol. The van der Waals surface area contributed by atoms with Crippen LogP contribution >= 0.6 is 0 Å². The van der Waals surface area contributed by atoms with Crippen molar-refractivity contribution in [1.29, 1.82) is 5.26 Å². The van der Waals surface area contributed by atoms with Crippen LogP contribution in [0.1, 0.15) is 5.56 Å². The van der Waals surface area contributed by atoms with Crippen molar-refractivity contribution >= 4 is 0 Å². The van der Waals surface area contributed by atoms with Gasteiger partial charge >= 0.3 is 0 Å². The molecule has 1 N–H and O–H groups in total. The van der Waals surface area contributed by atoms with Crippen LogP contribution in [0.4, 0.5) is 8.78 Å². The van der Waals surface area contributed by atoms with Crippen LogP contribution in [0, 0.1) is 23.0 Å². The van der Waals surface area contributed by atoms with Gasteiger partial charge < -0.3 is 4.74 Å². The van der Waals surface area contributed by atoms with Crippen LogP contribution in [-0.2, 0) is 5.54 Å². The number of benzene rings is 2. The third-order valence-corrected chi connectivity index (χ3v) is 3.24. The van der Waals surface area contributed by atoms with E-state index in [1.165, 1.54) is 12.1 Å². The first-order chi connectivity index (χ1) is 10.1. The van der Waals surface area contributed by atoms with Crippen molar-refractivity contribution in [2.75, 3.05) is 13.7 Å². The number of rotatable bonds is 5. The van der Waals surface area contributed by atoms with Gasteiger partial charge in [-0.25, -0.2) is 4.39 Å². The fourth-order valence-corrected chi connectivity index (χ4v) is 1.96. The zero-order valence-corrected chi connectivity index (χ0v) is 11.4. The molecule has 0 fully saturated rings. The molecule has 0 radical (unpaired) electrons. The molecule has 0 saturated heterocycles. The zero-order chi connectivity index (χ0) is 15.3. The molecule has 0 aliphatic carbocycles. The number of nitriles is 1. The fraction of sp³-hybridized carbons (Fsp3) is 0.188. The van der Waals surface area contributed by atoms with Crippen LogP contribution < -0.4 is 10.1 Å². The summed E-state index contributed by atoms with van der Waals surface area (Å²) in [5.41, 5.74) is -0.452. The quantitative estimate of drug-likeness (QED) is 0.920. The Bertz CT molecular complexity index is 655. The minimum absolute atomic E-state index is 0.148. The SMILES string of the molecule is CNC(C#N)(COc1cccc(F)c1F)c1ccccc1. The molecule has 5 heteroatoms. The van der Waals surface area contributed by atoms with Gasteiger partial charge in [0.25, 0.3) is 0 Å². The lowest BCUT2D eigenvalue weighted by molar-refractivity contribution is 0.220. The van der Waals surface area contributed by atoms with Crippen LogP contribution in [0.3, 0.4) is 0 Å². The molecule has 0 aromatic heterocycles. The van der Waals surface area contributed by atoms with Crippen LogP contribution in [0.15, 0.2) is 48.5 Å². The third-order valence-electron chi connectivity index (χ3n) is 3.24. The highest BCUT2D eigenvalue weighted by Crippen LogP contribution is 2.24. The molecule has 3 nitrogen and oxygen atoms in total. The molecular formula is C16H14F2N2O. The second-order valence-electron chi connectivity index (χ2n) is 4.47. The third kappa shape index (κ3) is 3.01. The highest BCUT2D eigenvalue weighted by Gasteiger charge is 2.32. The predicted octanol–water partition coefficient (Wildman–Crippen LogP) is 2.98. The van der Waals surface area contributed by atoms with Crippen molar-refractivity contribution in [1.82, 2.24) is 5.32 Å². The zero-order valence-electron chi connectivity index (χ0n) is 11.4. The Morgan fingerprint density at radius 2 is 1.86 bits per heavy atom. The van der Waals surface area contributed by atoms with Crippen molar-refractivity contribution in [3.05, 3.63) is 65.7 Å². The molecule has 0 amide bonds. The largest absolute Gasteiger partial charge is 0.487 e. The van der Waals surface area contributed by atoms with E-state index in [9.17, 15) is 14.0 Å². The Labute approximate surface area is 121 Å². The highest BCUT2D eigenvalue weighted by molar-refractivity contribution is 5.32. The van der Waals surface area contributed by atoms with E-state index in [4.69, 9.17) is 4.74 Å². The Balaban J connectivity index is 2.26. The smallest absolute Gasteiger partial charge is 0.200 e. The molecule has 0 saturated carbocycles. The Kier molecular flexibility index (Phi) is 4.51. The number of nitrogens with one attached hydrogen (secondary N) is 1. The van der Waals surface area contributed by atoms with Crippen molar-refractivity contribution in [3.63, 3.8) is 0 Å². The lowest BCUT2D eigenvalue weighted by atomic mass is 9.92. The molecule has 0 bridgehead atoms. The number of hydrogen-bond donors (Lipinski definition) is 1. The maximum absolute atomic E-state index is 13.6. The second kappa shape index (κ2) is 6.33. The molecule has 0 aliphatic heterocycles. The Morgan fingerprint density at radius 1 is 1.14 bits per heavy atom. The van der Waals surface area contributed by atoms with Gasteiger partial charge in [-0.15, -0.1) is 0 Å². The summed E-state index contributed by atoms with van der Waals surface area (Å²) in [5.74, 6) is -2.27. The number of likely N-dealkylation sites (N-methyl/N-ethyl adjacent to an activating group) is 1. The van der Waals surface area contributed by atoms with Gasteiger partial charge in [0.15, 0.2) is 17.1 Å². The summed E-state index contributed by atoms with van der Waals surface area (Å²) in [4.78, 5) is 0. The summed E-state index contributed by atoms with van der Waals surface area (Å²) in [6, 6.07) is 14.8. The van der Waals surface area contributed by atoms with E-state index >= 15 is 0 Å². The second-order valence-corrected chi connectivity index (χ2v) is 4.47. The van der Waals surface area contributed by atoms with Gasteiger partial charge in [0, 0.05) is 0 Å². The molecule has 21 heavy (non-hydrogen) atoms. The first kappa shape index (κ1) is 14.9. The minimum Gasteiger partial charge on any atom is -0.487 e. The van der Waals surface area contributed by atoms with Crippen molar-refractivity contribution in [2.24, 2.45) is 0 Å². The summed E-state index contributed by atoms with van der Waals surface area (Å²) < 4.78 is 32.1. The van der Waals surface area contributed by atoms with E-state index < -0.39 is 17.2 Å². The van der Waals surface area contributed by atoms with E-state index in [1.807, 2.05) is 6.07 Å². The topological polar surface area (TPSA) is 45.0 Å². The van der Waals surface area contributed by atoms with E-state index in [1.54, 1.807) is 31.3 Å². The molecule has 108 valence electrons. The molecule has 0 heterocycles. The average Bonchev–Trinajstić information content (AvgIpc) is 2.53. The van der Waals surface area contributed by atoms with Crippen LogP contribution in [0.2, 0.25) is 0 Å². The summed E-state index contributed by atoms with van der Waals surface area (Å²) in [6.07, 6.45) is 0. The van der Waals surface area contributed by atoms with E-state index in [0.717, 1.165) is 6.07 Å². The van der Waals surface area contributed by atoms with Gasteiger partial charge in [0.05, 0.1) is 6.07 Å². The standard InChI is InChI=1S/C16H14F2N2O/c1-20-16(10-19,12-6-3-2-4-7-12)11-21-14-9-5-8-13(17)15(14)18/h2-9,20H,11H2,1H3. The molecule has 2 aromatic rings. The van der Waals surface area contributed by atoms with Gasteiger partial charge in [-0.2, -0.15) is 9.65 Å². The predicted molar refractivity (Wildman–Crippen MR) is 74.6 cm³/mol. The minimum atomic E-state index is -1.14. The van der Waals surface area contributed by atoms with Crippen molar-refractivity contribution in [3.8, 4) is 11.8 Å². The van der Waals surface area contributed by atoms with Crippen LogP contribution in [-0.4, -0.2) is 13.7 Å². The number of hydrogen-bond acceptors (Lipinski definition) is 3. The Hall–Kier alpha value is -2.45. The van der Waals surface area contributed by atoms with Crippen molar-refractivity contribution < 1.29 is 13.5 Å². The average molecular weight is 288 g/mol. The summed E-state index contributed by atoms with van der Waals surface area (Å²) in [6.45, 7) is -0.148. The fourth-order valence-electron chi connectivity index (χ4n) is 1.96. The lowest BCUT2D eigenvalue weighted by Crippen LogP contribution is -2.44. The van der Waals surface area contributed by atoms with E-state index in [0.29, 0.717) is 5.56 Å². The summed E-state index contributed by atoms with van der Waals surface area (Å²) in [5, 5.41) is 12.4. The molecule has 2 rings (SSSR count). The van der Waals surface area contributed by atoms with Crippen LogP contribution in [0.25, 0.3) is 0 Å².